The van der Waals surface area contributed by atoms with Gasteiger partial charge in [0.2, 0.25) is 0 Å². The summed E-state index contributed by atoms with van der Waals surface area (Å²) < 4.78 is 37.6. The van der Waals surface area contributed by atoms with Crippen LogP contribution in [0, 0.1) is 0 Å². The fraction of sp³-hybridized carbons (Fsp3) is 0.545. The Morgan fingerprint density at radius 3 is 2.78 bits per heavy atom. The number of nitrogens with one attached hydrogen (secondary N) is 1. The van der Waals surface area contributed by atoms with Gasteiger partial charge < -0.3 is 15.6 Å². The van der Waals surface area contributed by atoms with Crippen molar-refractivity contribution >= 4 is 5.91 Å². The van der Waals surface area contributed by atoms with Crippen molar-refractivity contribution < 1.29 is 18.0 Å². The minimum absolute atomic E-state index is 0.00278. The summed E-state index contributed by atoms with van der Waals surface area (Å²) in [6, 6.07) is 2.70. The summed E-state index contributed by atoms with van der Waals surface area (Å²) in [5, 5.41) is 2.54. The van der Waals surface area contributed by atoms with Crippen LogP contribution < -0.4 is 11.1 Å². The van der Waals surface area contributed by atoms with Gasteiger partial charge in [0.25, 0.3) is 5.91 Å². The van der Waals surface area contributed by atoms with E-state index in [1.807, 2.05) is 0 Å². The highest BCUT2D eigenvalue weighted by Gasteiger charge is 2.29. The Morgan fingerprint density at radius 2 is 2.22 bits per heavy atom. The first-order valence-corrected chi connectivity index (χ1v) is 5.55. The number of nitrogens with two attached hydrogens (primary N) is 1. The van der Waals surface area contributed by atoms with Crippen molar-refractivity contribution in [2.45, 2.75) is 32.1 Å². The van der Waals surface area contributed by atoms with E-state index in [1.165, 1.54) is 18.3 Å². The zero-order valence-electron chi connectivity index (χ0n) is 10.00. The molecule has 18 heavy (non-hydrogen) atoms. The van der Waals surface area contributed by atoms with Gasteiger partial charge in [0.15, 0.2) is 0 Å². The van der Waals surface area contributed by atoms with E-state index in [0.29, 0.717) is 13.0 Å². The van der Waals surface area contributed by atoms with Crippen molar-refractivity contribution in [1.29, 1.82) is 0 Å². The predicted octanol–water partition coefficient (Wildman–Crippen LogP) is 1.52. The van der Waals surface area contributed by atoms with Gasteiger partial charge in [0.05, 0.1) is 0 Å². The molecular formula is C11H16F3N3O. The van der Waals surface area contributed by atoms with Crippen LogP contribution in [-0.2, 0) is 6.54 Å². The van der Waals surface area contributed by atoms with Crippen LogP contribution >= 0.6 is 0 Å². The summed E-state index contributed by atoms with van der Waals surface area (Å²) in [6.45, 7) is 0.961. The van der Waals surface area contributed by atoms with Gasteiger partial charge >= 0.3 is 6.18 Å². The van der Waals surface area contributed by atoms with Crippen LogP contribution in [0.1, 0.15) is 23.8 Å². The van der Waals surface area contributed by atoms with Crippen LogP contribution in [0.2, 0.25) is 0 Å². The molecule has 1 atom stereocenters. The van der Waals surface area contributed by atoms with Crippen LogP contribution in [0.15, 0.2) is 18.3 Å². The van der Waals surface area contributed by atoms with E-state index in [1.54, 1.807) is 6.92 Å². The summed E-state index contributed by atoms with van der Waals surface area (Å²) >= 11 is 0. The molecule has 1 amide bonds. The number of halogens is 3. The molecule has 102 valence electrons. The standard InChI is InChI=1S/C11H16F3N3O/c1-8(15)4-5-16-10(18)9-3-2-6-17(9)7-11(12,13)14/h2-3,6,8H,4-5,7,15H2,1H3,(H,16,18). The van der Waals surface area contributed by atoms with Gasteiger partial charge in [0, 0.05) is 18.8 Å². The Bertz CT molecular complexity index is 398. The van der Waals surface area contributed by atoms with E-state index in [4.69, 9.17) is 5.73 Å². The lowest BCUT2D eigenvalue weighted by Gasteiger charge is -2.12. The van der Waals surface area contributed by atoms with Crippen molar-refractivity contribution in [3.8, 4) is 0 Å². The third-order valence-corrected chi connectivity index (χ3v) is 2.30. The van der Waals surface area contributed by atoms with Gasteiger partial charge in [-0.05, 0) is 25.5 Å². The normalized spacial score (nSPS) is 13.4. The van der Waals surface area contributed by atoms with Gasteiger partial charge in [0.1, 0.15) is 12.2 Å². The Morgan fingerprint density at radius 1 is 1.56 bits per heavy atom. The van der Waals surface area contributed by atoms with Gasteiger partial charge in [-0.3, -0.25) is 4.79 Å². The highest BCUT2D eigenvalue weighted by atomic mass is 19.4. The Kier molecular flexibility index (Phi) is 4.77. The number of amides is 1. The SMILES string of the molecule is CC(N)CCNC(=O)c1cccn1CC(F)(F)F. The minimum Gasteiger partial charge on any atom is -0.351 e. The van der Waals surface area contributed by atoms with Crippen LogP contribution in [0.25, 0.3) is 0 Å². The first-order valence-electron chi connectivity index (χ1n) is 5.55. The topological polar surface area (TPSA) is 60.0 Å². The van der Waals surface area contributed by atoms with Crippen LogP contribution in [0.4, 0.5) is 13.2 Å². The van der Waals surface area contributed by atoms with Crippen molar-refractivity contribution in [3.63, 3.8) is 0 Å². The van der Waals surface area contributed by atoms with Crippen LogP contribution in [0.5, 0.6) is 0 Å². The average Bonchev–Trinajstić information content (AvgIpc) is 2.62. The fourth-order valence-corrected chi connectivity index (χ4v) is 1.46. The van der Waals surface area contributed by atoms with Gasteiger partial charge in [-0.2, -0.15) is 13.2 Å². The number of nitrogens with zero attached hydrogens (tertiary/aromatic N) is 1. The van der Waals surface area contributed by atoms with E-state index < -0.39 is 18.6 Å². The molecule has 0 aliphatic heterocycles. The van der Waals surface area contributed by atoms with Gasteiger partial charge in [-0.1, -0.05) is 0 Å². The van der Waals surface area contributed by atoms with Gasteiger partial charge in [-0.25, -0.2) is 0 Å². The molecule has 1 aromatic rings. The van der Waals surface area contributed by atoms with Crippen molar-refractivity contribution in [2.24, 2.45) is 5.73 Å². The molecular weight excluding hydrogens is 247 g/mol. The number of rotatable bonds is 5. The molecule has 0 aliphatic carbocycles. The highest BCUT2D eigenvalue weighted by Crippen LogP contribution is 2.18. The Hall–Kier alpha value is -1.50. The van der Waals surface area contributed by atoms with E-state index >= 15 is 0 Å². The number of carbonyl (C=O) groups is 1. The summed E-state index contributed by atoms with van der Waals surface area (Å²) in [5.74, 6) is -0.523. The van der Waals surface area contributed by atoms with Crippen molar-refractivity contribution in [1.82, 2.24) is 9.88 Å². The lowest BCUT2D eigenvalue weighted by atomic mass is 10.2. The second-order valence-electron chi connectivity index (χ2n) is 4.16. The predicted molar refractivity (Wildman–Crippen MR) is 61.1 cm³/mol. The smallest absolute Gasteiger partial charge is 0.351 e. The van der Waals surface area contributed by atoms with Crippen LogP contribution in [0.3, 0.4) is 0 Å². The van der Waals surface area contributed by atoms with Crippen LogP contribution in [-0.4, -0.2) is 29.2 Å². The van der Waals surface area contributed by atoms with E-state index in [-0.39, 0.29) is 11.7 Å². The summed E-state index contributed by atoms with van der Waals surface area (Å²) in [4.78, 5) is 11.7. The average molecular weight is 263 g/mol. The molecule has 0 aromatic carbocycles. The maximum atomic E-state index is 12.3. The molecule has 3 N–H and O–H groups in total. The molecule has 0 saturated carbocycles. The third kappa shape index (κ3) is 4.79. The molecule has 0 saturated heterocycles. The molecule has 1 aromatic heterocycles. The number of aromatic nitrogens is 1. The molecule has 7 heteroatoms. The fourth-order valence-electron chi connectivity index (χ4n) is 1.46. The maximum absolute atomic E-state index is 12.3. The zero-order chi connectivity index (χ0) is 13.8. The minimum atomic E-state index is -4.35. The maximum Gasteiger partial charge on any atom is 0.406 e. The van der Waals surface area contributed by atoms with E-state index in [9.17, 15) is 18.0 Å². The highest BCUT2D eigenvalue weighted by molar-refractivity contribution is 5.92. The number of hydrogen-bond donors (Lipinski definition) is 2. The molecule has 0 radical (unpaired) electrons. The summed E-state index contributed by atoms with van der Waals surface area (Å²) in [6.07, 6.45) is -2.54. The molecule has 0 bridgehead atoms. The third-order valence-electron chi connectivity index (χ3n) is 2.30. The second-order valence-corrected chi connectivity index (χ2v) is 4.16. The molecule has 1 unspecified atom stereocenters. The first-order chi connectivity index (χ1) is 8.29. The zero-order valence-corrected chi connectivity index (χ0v) is 10.00. The van der Waals surface area contributed by atoms with E-state index in [0.717, 1.165) is 4.57 Å². The Balaban J connectivity index is 2.61. The summed E-state index contributed by atoms with van der Waals surface area (Å²) in [7, 11) is 0. The largest absolute Gasteiger partial charge is 0.406 e. The molecule has 0 aliphatic rings. The quantitative estimate of drug-likeness (QED) is 0.846. The van der Waals surface area contributed by atoms with E-state index in [2.05, 4.69) is 5.32 Å². The first kappa shape index (κ1) is 14.6. The molecule has 0 spiro atoms. The lowest BCUT2D eigenvalue weighted by Crippen LogP contribution is -2.31. The molecule has 4 nitrogen and oxygen atoms in total. The van der Waals surface area contributed by atoms with Crippen molar-refractivity contribution in [2.75, 3.05) is 6.54 Å². The monoisotopic (exact) mass is 263 g/mol. The number of carbonyl (C=O) groups excluding carboxylic acids is 1. The lowest BCUT2D eigenvalue weighted by molar-refractivity contribution is -0.140. The molecule has 1 heterocycles. The number of alkyl halides is 3. The molecule has 1 rings (SSSR count). The summed E-state index contributed by atoms with van der Waals surface area (Å²) in [5.41, 5.74) is 5.50. The van der Waals surface area contributed by atoms with Crippen molar-refractivity contribution in [3.05, 3.63) is 24.0 Å². The van der Waals surface area contributed by atoms with Gasteiger partial charge in [-0.15, -0.1) is 0 Å². The molecule has 0 fully saturated rings. The number of hydrogen-bond acceptors (Lipinski definition) is 2. The second kappa shape index (κ2) is 5.90. The Labute approximate surface area is 103 Å².